The Morgan fingerprint density at radius 1 is 1.53 bits per heavy atom. The lowest BCUT2D eigenvalue weighted by Gasteiger charge is -2.05. The maximum absolute atomic E-state index is 11.4. The van der Waals surface area contributed by atoms with Gasteiger partial charge in [-0.15, -0.1) is 0 Å². The van der Waals surface area contributed by atoms with Gasteiger partial charge in [0.05, 0.1) is 5.02 Å². The Balaban J connectivity index is 2.57. The van der Waals surface area contributed by atoms with E-state index in [1.165, 1.54) is 0 Å². The van der Waals surface area contributed by atoms with Crippen LogP contribution >= 0.6 is 27.5 Å². The molecule has 0 fully saturated rings. The second-order valence-corrected chi connectivity index (χ2v) is 4.29. The van der Waals surface area contributed by atoms with Gasteiger partial charge in [-0.1, -0.05) is 11.6 Å². The monoisotopic (exact) mass is 290 g/mol. The zero-order valence-electron chi connectivity index (χ0n) is 8.31. The number of carbonyl (C=O) groups excluding carboxylic acids is 1. The van der Waals surface area contributed by atoms with E-state index in [0.717, 1.165) is 4.47 Å². The molecule has 0 atom stereocenters. The molecule has 0 saturated carbocycles. The summed E-state index contributed by atoms with van der Waals surface area (Å²) >= 11 is 9.17. The lowest BCUT2D eigenvalue weighted by Crippen LogP contribution is -2.18. The third kappa shape index (κ3) is 4.20. The van der Waals surface area contributed by atoms with Gasteiger partial charge in [0, 0.05) is 23.1 Å². The molecule has 0 aliphatic carbocycles. The smallest absolute Gasteiger partial charge is 0.225 e. The molecule has 2 N–H and O–H groups in total. The standard InChI is InChI=1S/C10H12BrClN2O/c1-13-5-4-10(15)14-7-2-3-8(11)9(12)6-7/h2-3,6,13H,4-5H2,1H3,(H,14,15). The average Bonchev–Trinajstić information content (AvgIpc) is 2.20. The molecule has 0 bridgehead atoms. The number of hydrogen-bond acceptors (Lipinski definition) is 2. The number of nitrogens with one attached hydrogen (secondary N) is 2. The molecule has 0 aliphatic rings. The zero-order chi connectivity index (χ0) is 11.3. The molecule has 0 radical (unpaired) electrons. The molecule has 0 heterocycles. The van der Waals surface area contributed by atoms with Gasteiger partial charge in [0.1, 0.15) is 0 Å². The minimum atomic E-state index is -0.0252. The van der Waals surface area contributed by atoms with Crippen molar-refractivity contribution in [3.63, 3.8) is 0 Å². The molecule has 1 aromatic rings. The van der Waals surface area contributed by atoms with Crippen molar-refractivity contribution in [2.75, 3.05) is 18.9 Å². The Morgan fingerprint density at radius 2 is 2.27 bits per heavy atom. The van der Waals surface area contributed by atoms with Gasteiger partial charge >= 0.3 is 0 Å². The van der Waals surface area contributed by atoms with E-state index in [9.17, 15) is 4.79 Å². The third-order valence-electron chi connectivity index (χ3n) is 1.81. The Kier molecular flexibility index (Phi) is 5.08. The van der Waals surface area contributed by atoms with Crippen LogP contribution in [0.5, 0.6) is 0 Å². The fourth-order valence-electron chi connectivity index (χ4n) is 1.04. The Morgan fingerprint density at radius 3 is 2.87 bits per heavy atom. The van der Waals surface area contributed by atoms with Crippen LogP contribution in [0.2, 0.25) is 5.02 Å². The van der Waals surface area contributed by atoms with Crippen molar-refractivity contribution in [3.8, 4) is 0 Å². The lowest BCUT2D eigenvalue weighted by atomic mass is 10.3. The van der Waals surface area contributed by atoms with Gasteiger partial charge in [-0.3, -0.25) is 4.79 Å². The maximum atomic E-state index is 11.4. The number of halogens is 2. The number of carbonyl (C=O) groups is 1. The second kappa shape index (κ2) is 6.10. The largest absolute Gasteiger partial charge is 0.326 e. The molecule has 5 heteroatoms. The molecule has 0 aromatic heterocycles. The summed E-state index contributed by atoms with van der Waals surface area (Å²) in [4.78, 5) is 11.4. The minimum Gasteiger partial charge on any atom is -0.326 e. The Labute approximate surface area is 102 Å². The number of rotatable bonds is 4. The lowest BCUT2D eigenvalue weighted by molar-refractivity contribution is -0.116. The van der Waals surface area contributed by atoms with E-state index in [2.05, 4.69) is 26.6 Å². The van der Waals surface area contributed by atoms with Crippen LogP contribution in [0.15, 0.2) is 22.7 Å². The summed E-state index contributed by atoms with van der Waals surface area (Å²) in [6, 6.07) is 5.31. The van der Waals surface area contributed by atoms with E-state index in [0.29, 0.717) is 23.7 Å². The van der Waals surface area contributed by atoms with Crippen LogP contribution in [-0.4, -0.2) is 19.5 Å². The minimum absolute atomic E-state index is 0.0252. The third-order valence-corrected chi connectivity index (χ3v) is 3.04. The summed E-state index contributed by atoms with van der Waals surface area (Å²) in [5, 5.41) is 6.26. The molecular formula is C10H12BrClN2O. The first-order valence-electron chi connectivity index (χ1n) is 4.53. The summed E-state index contributed by atoms with van der Waals surface area (Å²) in [5.41, 5.74) is 0.712. The normalized spacial score (nSPS) is 10.1. The molecule has 3 nitrogen and oxygen atoms in total. The summed E-state index contributed by atoms with van der Waals surface area (Å²) in [6.45, 7) is 0.663. The SMILES string of the molecule is CNCCC(=O)Nc1ccc(Br)c(Cl)c1. The second-order valence-electron chi connectivity index (χ2n) is 3.03. The Hall–Kier alpha value is -0.580. The Bertz CT molecular complexity index is 357. The molecule has 1 amide bonds. The van der Waals surface area contributed by atoms with Gasteiger partial charge in [0.25, 0.3) is 0 Å². The van der Waals surface area contributed by atoms with Crippen molar-refractivity contribution < 1.29 is 4.79 Å². The molecule has 82 valence electrons. The number of benzene rings is 1. The van der Waals surface area contributed by atoms with Gasteiger partial charge in [-0.25, -0.2) is 0 Å². The average molecular weight is 292 g/mol. The van der Waals surface area contributed by atoms with Crippen LogP contribution in [0.3, 0.4) is 0 Å². The summed E-state index contributed by atoms with van der Waals surface area (Å²) in [7, 11) is 1.81. The topological polar surface area (TPSA) is 41.1 Å². The van der Waals surface area contributed by atoms with Crippen LogP contribution in [0.25, 0.3) is 0 Å². The van der Waals surface area contributed by atoms with Gasteiger partial charge in [0.15, 0.2) is 0 Å². The fraction of sp³-hybridized carbons (Fsp3) is 0.300. The first-order chi connectivity index (χ1) is 7.13. The summed E-state index contributed by atoms with van der Waals surface area (Å²) in [5.74, 6) is -0.0252. The van der Waals surface area contributed by atoms with E-state index in [1.54, 1.807) is 18.2 Å². The molecule has 0 spiro atoms. The van der Waals surface area contributed by atoms with E-state index >= 15 is 0 Å². The molecular weight excluding hydrogens is 279 g/mol. The van der Waals surface area contributed by atoms with E-state index in [-0.39, 0.29) is 5.91 Å². The van der Waals surface area contributed by atoms with Gasteiger partial charge in [0.2, 0.25) is 5.91 Å². The van der Waals surface area contributed by atoms with Crippen molar-refractivity contribution in [1.82, 2.24) is 5.32 Å². The highest BCUT2D eigenvalue weighted by Gasteiger charge is 2.03. The molecule has 1 rings (SSSR count). The molecule has 1 aromatic carbocycles. The van der Waals surface area contributed by atoms with Crippen molar-refractivity contribution in [1.29, 1.82) is 0 Å². The van der Waals surface area contributed by atoms with Crippen LogP contribution in [0, 0.1) is 0 Å². The number of anilines is 1. The van der Waals surface area contributed by atoms with E-state index in [4.69, 9.17) is 11.6 Å². The zero-order valence-corrected chi connectivity index (χ0v) is 10.7. The maximum Gasteiger partial charge on any atom is 0.225 e. The van der Waals surface area contributed by atoms with Gasteiger partial charge in [-0.2, -0.15) is 0 Å². The van der Waals surface area contributed by atoms with Gasteiger partial charge < -0.3 is 10.6 Å². The van der Waals surface area contributed by atoms with Crippen molar-refractivity contribution in [2.45, 2.75) is 6.42 Å². The first-order valence-corrected chi connectivity index (χ1v) is 5.70. The van der Waals surface area contributed by atoms with Crippen LogP contribution in [0.4, 0.5) is 5.69 Å². The van der Waals surface area contributed by atoms with Crippen LogP contribution in [-0.2, 0) is 4.79 Å². The molecule has 0 aliphatic heterocycles. The molecule has 0 saturated heterocycles. The molecule has 0 unspecified atom stereocenters. The van der Waals surface area contributed by atoms with E-state index < -0.39 is 0 Å². The van der Waals surface area contributed by atoms with Gasteiger partial charge in [-0.05, 0) is 41.2 Å². The summed E-state index contributed by atoms with van der Waals surface area (Å²) < 4.78 is 0.817. The molecule has 15 heavy (non-hydrogen) atoms. The predicted octanol–water partition coefficient (Wildman–Crippen LogP) is 2.65. The number of hydrogen-bond donors (Lipinski definition) is 2. The fourth-order valence-corrected chi connectivity index (χ4v) is 1.46. The van der Waals surface area contributed by atoms with Crippen molar-refractivity contribution in [3.05, 3.63) is 27.7 Å². The van der Waals surface area contributed by atoms with E-state index in [1.807, 2.05) is 7.05 Å². The van der Waals surface area contributed by atoms with Crippen LogP contribution < -0.4 is 10.6 Å². The van der Waals surface area contributed by atoms with Crippen molar-refractivity contribution in [2.24, 2.45) is 0 Å². The highest BCUT2D eigenvalue weighted by molar-refractivity contribution is 9.10. The first kappa shape index (κ1) is 12.5. The predicted molar refractivity (Wildman–Crippen MR) is 66.3 cm³/mol. The highest BCUT2D eigenvalue weighted by Crippen LogP contribution is 2.25. The summed E-state index contributed by atoms with van der Waals surface area (Å²) in [6.07, 6.45) is 0.449. The quantitative estimate of drug-likeness (QED) is 0.895. The number of amides is 1. The highest BCUT2D eigenvalue weighted by atomic mass is 79.9. The van der Waals surface area contributed by atoms with Crippen molar-refractivity contribution >= 4 is 39.1 Å². The van der Waals surface area contributed by atoms with Crippen LogP contribution in [0.1, 0.15) is 6.42 Å².